The minimum absolute atomic E-state index is 0.431. The van der Waals surface area contributed by atoms with E-state index in [-0.39, 0.29) is 0 Å². The van der Waals surface area contributed by atoms with Gasteiger partial charge in [0.15, 0.2) is 5.96 Å². The van der Waals surface area contributed by atoms with Crippen molar-refractivity contribution < 1.29 is 13.2 Å². The molecule has 0 amide bonds. The van der Waals surface area contributed by atoms with Crippen LogP contribution in [0, 0.1) is 0 Å². The fraction of sp³-hybridized carbons (Fsp3) is 0.875. The zero-order valence-electron chi connectivity index (χ0n) is 8.23. The summed E-state index contributed by atoms with van der Waals surface area (Å²) in [7, 11) is 0. The third kappa shape index (κ3) is 6.48. The molecule has 1 heterocycles. The molecule has 0 saturated heterocycles. The van der Waals surface area contributed by atoms with E-state index in [1.54, 1.807) is 0 Å². The minimum Gasteiger partial charge on any atom is -0.356 e. The van der Waals surface area contributed by atoms with E-state index in [0.29, 0.717) is 18.3 Å². The fourth-order valence-corrected chi connectivity index (χ4v) is 1.70. The lowest BCUT2D eigenvalue weighted by Gasteiger charge is -2.15. The Morgan fingerprint density at radius 1 is 1.47 bits per heavy atom. The van der Waals surface area contributed by atoms with Crippen LogP contribution in [0.2, 0.25) is 0 Å². The zero-order chi connectivity index (χ0) is 11.1. The first-order valence-corrected chi connectivity index (χ1v) is 5.90. The van der Waals surface area contributed by atoms with Crippen LogP contribution in [0.1, 0.15) is 6.42 Å². The second kappa shape index (κ2) is 6.09. The van der Waals surface area contributed by atoms with E-state index in [1.165, 1.54) is 0 Å². The molecule has 0 aliphatic carbocycles. The van der Waals surface area contributed by atoms with Gasteiger partial charge in [-0.1, -0.05) is 0 Å². The molecule has 1 aliphatic rings. The molecule has 0 bridgehead atoms. The number of hydrogen-bond donors (Lipinski definition) is 2. The maximum absolute atomic E-state index is 11.8. The maximum Gasteiger partial charge on any atom is 0.397 e. The molecule has 3 nitrogen and oxygen atoms in total. The third-order valence-corrected chi connectivity index (χ3v) is 2.73. The molecule has 0 aromatic heterocycles. The number of hydrogen-bond acceptors (Lipinski definition) is 4. The van der Waals surface area contributed by atoms with E-state index in [9.17, 15) is 13.2 Å². The van der Waals surface area contributed by atoms with Crippen molar-refractivity contribution in [2.75, 3.05) is 31.1 Å². The van der Waals surface area contributed by atoms with Crippen molar-refractivity contribution in [3.63, 3.8) is 0 Å². The van der Waals surface area contributed by atoms with E-state index < -0.39 is 11.9 Å². The molecule has 1 rings (SSSR count). The molecule has 0 radical (unpaired) electrons. The van der Waals surface area contributed by atoms with Gasteiger partial charge in [0.2, 0.25) is 0 Å². The van der Waals surface area contributed by atoms with Gasteiger partial charge in [-0.2, -0.15) is 24.9 Å². The van der Waals surface area contributed by atoms with Gasteiger partial charge in [-0.05, 0) is 6.42 Å². The highest BCUT2D eigenvalue weighted by atomic mass is 32.2. The number of thioether (sulfide) groups is 1. The van der Waals surface area contributed by atoms with Gasteiger partial charge in [0.05, 0.1) is 5.75 Å². The Hall–Kier alpha value is -0.590. The zero-order valence-corrected chi connectivity index (χ0v) is 9.05. The summed E-state index contributed by atoms with van der Waals surface area (Å²) in [6, 6.07) is 0. The number of aliphatic imine (C=N–C) groups is 1. The standard InChI is InChI=1S/C8H14F3N3S/c9-8(10,11)6-15-5-4-14-7-12-2-1-3-13-7/h1-6H2,(H2,12,13,14). The van der Waals surface area contributed by atoms with Crippen molar-refractivity contribution in [3.05, 3.63) is 0 Å². The summed E-state index contributed by atoms with van der Waals surface area (Å²) in [5.74, 6) is 0.350. The number of rotatable bonds is 4. The summed E-state index contributed by atoms with van der Waals surface area (Å²) in [5, 5.41) is 5.99. The summed E-state index contributed by atoms with van der Waals surface area (Å²) in [6.45, 7) is 2.17. The van der Waals surface area contributed by atoms with Gasteiger partial charge < -0.3 is 10.6 Å². The van der Waals surface area contributed by atoms with Crippen molar-refractivity contribution in [1.29, 1.82) is 0 Å². The molecule has 0 unspecified atom stereocenters. The molecular formula is C8H14F3N3S. The van der Waals surface area contributed by atoms with Crippen LogP contribution >= 0.6 is 11.8 Å². The monoisotopic (exact) mass is 241 g/mol. The predicted molar refractivity (Wildman–Crippen MR) is 56.3 cm³/mol. The minimum atomic E-state index is -4.06. The SMILES string of the molecule is FC(F)(F)CSCCNC1=NCCCN1. The van der Waals surface area contributed by atoms with Crippen LogP contribution in [-0.2, 0) is 0 Å². The third-order valence-electron chi connectivity index (χ3n) is 1.70. The number of nitrogens with one attached hydrogen (secondary N) is 2. The molecule has 0 spiro atoms. The molecule has 88 valence electrons. The van der Waals surface area contributed by atoms with E-state index >= 15 is 0 Å². The van der Waals surface area contributed by atoms with Crippen molar-refractivity contribution in [2.45, 2.75) is 12.6 Å². The summed E-state index contributed by atoms with van der Waals surface area (Å²) in [6.07, 6.45) is -3.06. The second-order valence-corrected chi connectivity index (χ2v) is 4.21. The first kappa shape index (κ1) is 12.5. The average molecular weight is 241 g/mol. The van der Waals surface area contributed by atoms with Gasteiger partial charge in [-0.3, -0.25) is 4.99 Å². The molecule has 0 saturated carbocycles. The summed E-state index contributed by atoms with van der Waals surface area (Å²) < 4.78 is 35.3. The Kier molecular flexibility index (Phi) is 5.07. The lowest BCUT2D eigenvalue weighted by atomic mass is 10.4. The van der Waals surface area contributed by atoms with E-state index in [0.717, 1.165) is 31.3 Å². The quantitative estimate of drug-likeness (QED) is 0.727. The van der Waals surface area contributed by atoms with E-state index in [4.69, 9.17) is 0 Å². The molecular weight excluding hydrogens is 227 g/mol. The first-order valence-electron chi connectivity index (χ1n) is 4.74. The Labute approximate surface area is 90.9 Å². The van der Waals surface area contributed by atoms with Crippen LogP contribution in [0.25, 0.3) is 0 Å². The molecule has 7 heteroatoms. The molecule has 0 atom stereocenters. The number of guanidine groups is 1. The van der Waals surface area contributed by atoms with Crippen molar-refractivity contribution in [1.82, 2.24) is 10.6 Å². The lowest BCUT2D eigenvalue weighted by Crippen LogP contribution is -2.41. The van der Waals surface area contributed by atoms with E-state index in [1.807, 2.05) is 0 Å². The fourth-order valence-electron chi connectivity index (χ4n) is 1.08. The number of nitrogens with zero attached hydrogens (tertiary/aromatic N) is 1. The Balaban J connectivity index is 1.99. The Bertz CT molecular complexity index is 218. The second-order valence-electron chi connectivity index (χ2n) is 3.11. The first-order chi connectivity index (χ1) is 7.08. The molecule has 15 heavy (non-hydrogen) atoms. The van der Waals surface area contributed by atoms with Crippen LogP contribution in [0.15, 0.2) is 4.99 Å². The van der Waals surface area contributed by atoms with Gasteiger partial charge in [-0.15, -0.1) is 0 Å². The highest BCUT2D eigenvalue weighted by molar-refractivity contribution is 7.99. The maximum atomic E-state index is 11.8. The molecule has 2 N–H and O–H groups in total. The van der Waals surface area contributed by atoms with Gasteiger partial charge in [0, 0.05) is 25.4 Å². The number of halogens is 3. The Morgan fingerprint density at radius 3 is 2.87 bits per heavy atom. The molecule has 0 fully saturated rings. The number of alkyl halides is 3. The van der Waals surface area contributed by atoms with Gasteiger partial charge in [-0.25, -0.2) is 0 Å². The molecule has 0 aromatic rings. The Morgan fingerprint density at radius 2 is 2.27 bits per heavy atom. The summed E-state index contributed by atoms with van der Waals surface area (Å²) in [4.78, 5) is 4.14. The highest BCUT2D eigenvalue weighted by Gasteiger charge is 2.26. The van der Waals surface area contributed by atoms with Crippen molar-refractivity contribution in [3.8, 4) is 0 Å². The van der Waals surface area contributed by atoms with Crippen LogP contribution in [0.3, 0.4) is 0 Å². The smallest absolute Gasteiger partial charge is 0.356 e. The van der Waals surface area contributed by atoms with Crippen LogP contribution < -0.4 is 10.6 Å². The topological polar surface area (TPSA) is 36.4 Å². The highest BCUT2D eigenvalue weighted by Crippen LogP contribution is 2.20. The predicted octanol–water partition coefficient (Wildman–Crippen LogP) is 1.22. The van der Waals surface area contributed by atoms with E-state index in [2.05, 4.69) is 15.6 Å². The lowest BCUT2D eigenvalue weighted by molar-refractivity contribution is -0.105. The molecule has 1 aliphatic heterocycles. The van der Waals surface area contributed by atoms with Gasteiger partial charge >= 0.3 is 6.18 Å². The summed E-state index contributed by atoms with van der Waals surface area (Å²) >= 11 is 0.878. The normalized spacial score (nSPS) is 16.9. The van der Waals surface area contributed by atoms with Crippen LogP contribution in [0.4, 0.5) is 13.2 Å². The summed E-state index contributed by atoms with van der Waals surface area (Å²) in [5.41, 5.74) is 0. The largest absolute Gasteiger partial charge is 0.397 e. The van der Waals surface area contributed by atoms with Gasteiger partial charge in [0.1, 0.15) is 0 Å². The van der Waals surface area contributed by atoms with Crippen molar-refractivity contribution >= 4 is 17.7 Å². The van der Waals surface area contributed by atoms with Crippen molar-refractivity contribution in [2.24, 2.45) is 4.99 Å². The molecule has 0 aromatic carbocycles. The van der Waals surface area contributed by atoms with Gasteiger partial charge in [0.25, 0.3) is 0 Å². The average Bonchev–Trinajstić information content (AvgIpc) is 2.17. The van der Waals surface area contributed by atoms with Crippen LogP contribution in [0.5, 0.6) is 0 Å². The van der Waals surface area contributed by atoms with Crippen LogP contribution in [-0.4, -0.2) is 43.3 Å².